The lowest BCUT2D eigenvalue weighted by Gasteiger charge is -2.24. The molecule has 0 unspecified atom stereocenters. The van der Waals surface area contributed by atoms with Gasteiger partial charge in [0.2, 0.25) is 0 Å². The first-order chi connectivity index (χ1) is 18.3. The molecule has 3 aromatic rings. The molecule has 0 spiro atoms. The zero-order chi connectivity index (χ0) is 26.7. The maximum atomic E-state index is 13.1. The maximum Gasteiger partial charge on any atom is 0.256 e. The Balaban J connectivity index is 1.35. The van der Waals surface area contributed by atoms with Crippen molar-refractivity contribution in [3.8, 4) is 11.4 Å². The van der Waals surface area contributed by atoms with Crippen molar-refractivity contribution in [1.82, 2.24) is 29.5 Å². The summed E-state index contributed by atoms with van der Waals surface area (Å²) in [7, 11) is -3.47. The third kappa shape index (κ3) is 5.94. The second-order valence-corrected chi connectivity index (χ2v) is 11.7. The minimum atomic E-state index is -3.47. The molecular weight excluding hydrogens is 508 g/mol. The highest BCUT2D eigenvalue weighted by Gasteiger charge is 2.37. The lowest BCUT2D eigenvalue weighted by atomic mass is 10.1. The van der Waals surface area contributed by atoms with Crippen molar-refractivity contribution < 1.29 is 17.9 Å². The van der Waals surface area contributed by atoms with Gasteiger partial charge in [-0.15, -0.1) is 0 Å². The molecule has 0 aromatic carbocycles. The molecule has 2 fully saturated rings. The zero-order valence-corrected chi connectivity index (χ0v) is 22.2. The molecule has 2 aliphatic rings. The monoisotopic (exact) mass is 540 g/mol. The molecule has 0 bridgehead atoms. The van der Waals surface area contributed by atoms with Gasteiger partial charge in [-0.25, -0.2) is 23.4 Å². The van der Waals surface area contributed by atoms with Crippen LogP contribution >= 0.6 is 0 Å². The van der Waals surface area contributed by atoms with E-state index in [-0.39, 0.29) is 23.2 Å². The molecule has 1 saturated heterocycles. The largest absolute Gasteiger partial charge is 0.382 e. The molecule has 1 saturated carbocycles. The Morgan fingerprint density at radius 1 is 1.16 bits per heavy atom. The van der Waals surface area contributed by atoms with E-state index >= 15 is 0 Å². The third-order valence-corrected chi connectivity index (χ3v) is 8.69. The van der Waals surface area contributed by atoms with Crippen molar-refractivity contribution in [2.45, 2.75) is 63.3 Å². The Morgan fingerprint density at radius 2 is 1.95 bits per heavy atom. The van der Waals surface area contributed by atoms with Crippen LogP contribution in [-0.4, -0.2) is 69.0 Å². The minimum Gasteiger partial charge on any atom is -0.382 e. The van der Waals surface area contributed by atoms with Crippen molar-refractivity contribution in [2.24, 2.45) is 0 Å². The normalized spacial score (nSPS) is 17.1. The van der Waals surface area contributed by atoms with Gasteiger partial charge in [-0.2, -0.15) is 9.19 Å². The van der Waals surface area contributed by atoms with E-state index in [0.717, 1.165) is 23.3 Å². The van der Waals surface area contributed by atoms with Crippen molar-refractivity contribution in [2.75, 3.05) is 23.8 Å². The number of pyridine rings is 1. The number of nitrogens with one attached hydrogen (secondary N) is 3. The van der Waals surface area contributed by atoms with Crippen LogP contribution in [0.5, 0.6) is 0 Å². The van der Waals surface area contributed by atoms with Crippen molar-refractivity contribution in [1.29, 1.82) is 0 Å². The number of aromatic nitrogens is 5. The lowest BCUT2D eigenvalue weighted by Crippen LogP contribution is -2.39. The number of hydrogen-bond acceptors (Lipinski definition) is 10. The number of rotatable bonds is 10. The molecule has 0 radical (unpaired) electrons. The second-order valence-electron chi connectivity index (χ2n) is 9.67. The van der Waals surface area contributed by atoms with E-state index < -0.39 is 10.0 Å². The molecule has 202 valence electrons. The lowest BCUT2D eigenvalue weighted by molar-refractivity contribution is 0.0696. The summed E-state index contributed by atoms with van der Waals surface area (Å²) in [4.78, 5) is 26.3. The fraction of sp³-hybridized carbons (Fsp3) is 0.480. The van der Waals surface area contributed by atoms with Gasteiger partial charge in [-0.3, -0.25) is 4.79 Å². The highest BCUT2D eigenvalue weighted by molar-refractivity contribution is 7.90. The average molecular weight is 541 g/mol. The Morgan fingerprint density at radius 3 is 2.68 bits per heavy atom. The summed E-state index contributed by atoms with van der Waals surface area (Å²) in [6.45, 7) is 5.40. The van der Waals surface area contributed by atoms with Gasteiger partial charge in [0.05, 0.1) is 34.5 Å². The van der Waals surface area contributed by atoms with E-state index in [1.165, 1.54) is 12.4 Å². The smallest absolute Gasteiger partial charge is 0.256 e. The molecular formula is C25H32N8O4S. The predicted molar refractivity (Wildman–Crippen MR) is 143 cm³/mol. The Labute approximate surface area is 221 Å². The predicted octanol–water partition coefficient (Wildman–Crippen LogP) is 2.94. The maximum absolute atomic E-state index is 13.1. The molecule has 4 heterocycles. The van der Waals surface area contributed by atoms with Crippen molar-refractivity contribution in [3.05, 3.63) is 42.5 Å². The number of amides is 1. The van der Waals surface area contributed by atoms with E-state index in [4.69, 9.17) is 4.74 Å². The van der Waals surface area contributed by atoms with Crippen LogP contribution in [0.3, 0.4) is 0 Å². The number of ether oxygens (including phenoxy) is 1. The second kappa shape index (κ2) is 11.0. The fourth-order valence-electron chi connectivity index (χ4n) is 4.07. The van der Waals surface area contributed by atoms with Gasteiger partial charge in [0.1, 0.15) is 11.6 Å². The van der Waals surface area contributed by atoms with Crippen LogP contribution in [0.2, 0.25) is 0 Å². The topological polar surface area (TPSA) is 153 Å². The van der Waals surface area contributed by atoms with Crippen molar-refractivity contribution >= 4 is 33.3 Å². The van der Waals surface area contributed by atoms with Crippen LogP contribution in [0.15, 0.2) is 36.9 Å². The standard InChI is InChI=1S/C25H32N8O4S/c1-3-16(2)29-21-12-23(27-14-20(21)25(34)30-18-7-10-37-11-8-18)31-22-6-9-26-24(32-22)17-13-28-33(15-17)38(35,36)19-4-5-19/h6,9,12-16,18-19H,3-5,7-8,10-11H2,1-2H3,(H,30,34)(H2,26,27,29,31,32)/t16-/m0/s1. The summed E-state index contributed by atoms with van der Waals surface area (Å²) in [5.74, 6) is 1.12. The fourth-order valence-corrected chi connectivity index (χ4v) is 5.55. The van der Waals surface area contributed by atoms with E-state index in [2.05, 4.69) is 42.9 Å². The quantitative estimate of drug-likeness (QED) is 0.350. The number of carbonyl (C=O) groups excluding carboxylic acids is 1. The van der Waals surface area contributed by atoms with Crippen LogP contribution in [0.1, 0.15) is 56.3 Å². The molecule has 3 aromatic heterocycles. The Kier molecular flexibility index (Phi) is 7.56. The van der Waals surface area contributed by atoms with Gasteiger partial charge in [-0.1, -0.05) is 6.92 Å². The molecule has 1 aliphatic carbocycles. The molecule has 1 aliphatic heterocycles. The molecule has 1 amide bonds. The SMILES string of the molecule is CC[C@H](C)Nc1cc(Nc2ccnc(-c3cnn(S(=O)(=O)C4CC4)c3)n2)ncc1C(=O)NC1CCOCC1. The third-order valence-electron chi connectivity index (χ3n) is 6.66. The number of nitrogens with zero attached hydrogens (tertiary/aromatic N) is 5. The number of carbonyl (C=O) groups is 1. The first-order valence-electron chi connectivity index (χ1n) is 12.9. The van der Waals surface area contributed by atoms with Gasteiger partial charge in [0.15, 0.2) is 5.82 Å². The highest BCUT2D eigenvalue weighted by atomic mass is 32.2. The van der Waals surface area contributed by atoms with Crippen LogP contribution in [0, 0.1) is 0 Å². The Bertz CT molecular complexity index is 1400. The van der Waals surface area contributed by atoms with Gasteiger partial charge < -0.3 is 20.7 Å². The van der Waals surface area contributed by atoms with Gasteiger partial charge in [0.25, 0.3) is 15.9 Å². The summed E-state index contributed by atoms with van der Waals surface area (Å²) < 4.78 is 31.3. The van der Waals surface area contributed by atoms with E-state index in [0.29, 0.717) is 60.3 Å². The van der Waals surface area contributed by atoms with Gasteiger partial charge in [0, 0.05) is 43.8 Å². The molecule has 3 N–H and O–H groups in total. The first-order valence-corrected chi connectivity index (χ1v) is 14.4. The Hall–Kier alpha value is -3.58. The van der Waals surface area contributed by atoms with Gasteiger partial charge >= 0.3 is 0 Å². The minimum absolute atomic E-state index is 0.0774. The van der Waals surface area contributed by atoms with E-state index in [1.54, 1.807) is 24.5 Å². The first kappa shape index (κ1) is 26.0. The molecule has 12 nitrogen and oxygen atoms in total. The van der Waals surface area contributed by atoms with E-state index in [9.17, 15) is 13.2 Å². The molecule has 5 rings (SSSR count). The summed E-state index contributed by atoms with van der Waals surface area (Å²) in [5, 5.41) is 13.3. The number of hydrogen-bond donors (Lipinski definition) is 3. The molecule has 38 heavy (non-hydrogen) atoms. The van der Waals surface area contributed by atoms with Crippen molar-refractivity contribution in [3.63, 3.8) is 0 Å². The van der Waals surface area contributed by atoms with Crippen LogP contribution in [0.25, 0.3) is 11.4 Å². The average Bonchev–Trinajstić information content (AvgIpc) is 3.66. The summed E-state index contributed by atoms with van der Waals surface area (Å²) in [5.41, 5.74) is 1.63. The van der Waals surface area contributed by atoms with Gasteiger partial charge in [-0.05, 0) is 45.1 Å². The summed E-state index contributed by atoms with van der Waals surface area (Å²) in [6, 6.07) is 3.69. The molecule has 1 atom stereocenters. The highest BCUT2D eigenvalue weighted by Crippen LogP contribution is 2.30. The summed E-state index contributed by atoms with van der Waals surface area (Å²) >= 11 is 0. The van der Waals surface area contributed by atoms with Crippen LogP contribution in [-0.2, 0) is 14.8 Å². The summed E-state index contributed by atoms with van der Waals surface area (Å²) in [6.07, 6.45) is 9.77. The van der Waals surface area contributed by atoms with Crippen LogP contribution in [0.4, 0.5) is 17.3 Å². The van der Waals surface area contributed by atoms with E-state index in [1.807, 2.05) is 6.92 Å². The number of anilines is 3. The zero-order valence-electron chi connectivity index (χ0n) is 21.4. The van der Waals surface area contributed by atoms with Crippen LogP contribution < -0.4 is 16.0 Å². The molecule has 13 heteroatoms.